The number of para-hydroxylation sites is 2. The van der Waals surface area contributed by atoms with Crippen LogP contribution in [0.2, 0.25) is 0 Å². The van der Waals surface area contributed by atoms with Gasteiger partial charge < -0.3 is 14.8 Å². The second-order valence-corrected chi connectivity index (χ2v) is 9.02. The zero-order chi connectivity index (χ0) is 21.0. The number of ketones is 1. The molecule has 0 spiro atoms. The molecular weight excluding hydrogens is 392 g/mol. The number of carbonyl (C=O) groups excluding carboxylic acids is 1. The fraction of sp³-hybridized carbons (Fsp3) is 0.381. The number of ether oxygens (including phenoxy) is 2. The molecule has 2 aromatic rings. The van der Waals surface area contributed by atoms with E-state index in [9.17, 15) is 13.2 Å². The van der Waals surface area contributed by atoms with Crippen LogP contribution in [0.15, 0.2) is 53.4 Å². The number of rotatable bonds is 7. The molecule has 1 aliphatic rings. The first-order valence-corrected chi connectivity index (χ1v) is 10.9. The molecule has 2 atom stereocenters. The van der Waals surface area contributed by atoms with Gasteiger partial charge in [0.1, 0.15) is 5.75 Å². The molecule has 2 unspecified atom stereocenters. The molecule has 1 heterocycles. The molecule has 3 rings (SSSR count). The number of benzene rings is 2. The number of Topliss-reactive ketones (excluding diaryl/α,β-unsaturated/α-hetero) is 1. The van der Waals surface area contributed by atoms with Gasteiger partial charge in [0.25, 0.3) is 0 Å². The lowest BCUT2D eigenvalue weighted by atomic mass is 10.1. The van der Waals surface area contributed by atoms with Crippen molar-refractivity contribution in [3.05, 3.63) is 54.1 Å². The van der Waals surface area contributed by atoms with E-state index in [2.05, 4.69) is 5.32 Å². The SMILES string of the molecule is COc1ccccc1NCC(=O)c1cccc(S(=O)(=O)N2CC(C)OC(C)C2)c1. The highest BCUT2D eigenvalue weighted by Crippen LogP contribution is 2.24. The predicted molar refractivity (Wildman–Crippen MR) is 111 cm³/mol. The summed E-state index contributed by atoms with van der Waals surface area (Å²) in [7, 11) is -2.14. The lowest BCUT2D eigenvalue weighted by molar-refractivity contribution is -0.0440. The fourth-order valence-corrected chi connectivity index (χ4v) is 5.01. The van der Waals surface area contributed by atoms with Crippen molar-refractivity contribution < 1.29 is 22.7 Å². The van der Waals surface area contributed by atoms with Crippen molar-refractivity contribution in [2.24, 2.45) is 0 Å². The highest BCUT2D eigenvalue weighted by Gasteiger charge is 2.32. The van der Waals surface area contributed by atoms with Gasteiger partial charge in [-0.25, -0.2) is 8.42 Å². The summed E-state index contributed by atoms with van der Waals surface area (Å²) in [6.07, 6.45) is -0.355. The van der Waals surface area contributed by atoms with Crippen LogP contribution in [0, 0.1) is 0 Å². The van der Waals surface area contributed by atoms with Crippen LogP contribution in [0.3, 0.4) is 0 Å². The zero-order valence-corrected chi connectivity index (χ0v) is 17.6. The molecule has 0 saturated carbocycles. The van der Waals surface area contributed by atoms with Crippen LogP contribution in [-0.2, 0) is 14.8 Å². The molecule has 1 fully saturated rings. The minimum atomic E-state index is -3.70. The Morgan fingerprint density at radius 3 is 2.52 bits per heavy atom. The standard InChI is InChI=1S/C21H26N2O5S/c1-15-13-23(14-16(2)28-15)29(25,26)18-8-6-7-17(11-18)20(24)12-22-19-9-4-5-10-21(19)27-3/h4-11,15-16,22H,12-14H2,1-3H3. The summed E-state index contributed by atoms with van der Waals surface area (Å²) in [6, 6.07) is 13.5. The first-order valence-electron chi connectivity index (χ1n) is 9.47. The summed E-state index contributed by atoms with van der Waals surface area (Å²) >= 11 is 0. The van der Waals surface area contributed by atoms with Crippen LogP contribution < -0.4 is 10.1 Å². The minimum absolute atomic E-state index is 0.0233. The van der Waals surface area contributed by atoms with Crippen LogP contribution in [0.25, 0.3) is 0 Å². The third kappa shape index (κ3) is 4.95. The first-order chi connectivity index (χ1) is 13.8. The van der Waals surface area contributed by atoms with E-state index in [0.717, 1.165) is 0 Å². The third-order valence-electron chi connectivity index (χ3n) is 4.73. The van der Waals surface area contributed by atoms with Crippen LogP contribution in [0.4, 0.5) is 5.69 Å². The maximum absolute atomic E-state index is 13.0. The second-order valence-electron chi connectivity index (χ2n) is 7.08. The van der Waals surface area contributed by atoms with Gasteiger partial charge in [-0.2, -0.15) is 4.31 Å². The molecule has 2 aromatic carbocycles. The smallest absolute Gasteiger partial charge is 0.243 e. The Hall–Kier alpha value is -2.42. The molecular formula is C21H26N2O5S. The maximum atomic E-state index is 13.0. The van der Waals surface area contributed by atoms with Crippen molar-refractivity contribution in [3.8, 4) is 5.75 Å². The average Bonchev–Trinajstić information content (AvgIpc) is 2.71. The van der Waals surface area contributed by atoms with Crippen molar-refractivity contribution in [3.63, 3.8) is 0 Å². The van der Waals surface area contributed by atoms with Crippen LogP contribution in [0.5, 0.6) is 5.75 Å². The number of sulfonamides is 1. The number of methoxy groups -OCH3 is 1. The summed E-state index contributed by atoms with van der Waals surface area (Å²) in [5, 5.41) is 3.04. The van der Waals surface area contributed by atoms with Crippen LogP contribution >= 0.6 is 0 Å². The summed E-state index contributed by atoms with van der Waals surface area (Å²) in [6.45, 7) is 4.30. The van der Waals surface area contributed by atoms with Gasteiger partial charge in [-0.3, -0.25) is 4.79 Å². The number of nitrogens with one attached hydrogen (secondary N) is 1. The molecule has 1 aliphatic heterocycles. The minimum Gasteiger partial charge on any atom is -0.495 e. The molecule has 156 valence electrons. The van der Waals surface area contributed by atoms with E-state index in [1.807, 2.05) is 32.0 Å². The van der Waals surface area contributed by atoms with E-state index >= 15 is 0 Å². The molecule has 1 N–H and O–H groups in total. The van der Waals surface area contributed by atoms with Gasteiger partial charge in [-0.15, -0.1) is 0 Å². The summed E-state index contributed by atoms with van der Waals surface area (Å²) in [5.41, 5.74) is 1.03. The maximum Gasteiger partial charge on any atom is 0.243 e. The van der Waals surface area contributed by atoms with Gasteiger partial charge in [-0.05, 0) is 38.1 Å². The van der Waals surface area contributed by atoms with Gasteiger partial charge in [0.15, 0.2) is 5.78 Å². The Morgan fingerprint density at radius 2 is 1.83 bits per heavy atom. The molecule has 0 amide bonds. The van der Waals surface area contributed by atoms with Crippen molar-refractivity contribution in [1.82, 2.24) is 4.31 Å². The average molecular weight is 419 g/mol. The summed E-state index contributed by atoms with van der Waals surface area (Å²) in [4.78, 5) is 12.8. The Balaban J connectivity index is 1.75. The predicted octanol–water partition coefficient (Wildman–Crippen LogP) is 2.79. The van der Waals surface area contributed by atoms with Crippen molar-refractivity contribution in [2.45, 2.75) is 31.0 Å². The molecule has 0 aromatic heterocycles. The van der Waals surface area contributed by atoms with Gasteiger partial charge in [-0.1, -0.05) is 24.3 Å². The van der Waals surface area contributed by atoms with Gasteiger partial charge in [0, 0.05) is 18.7 Å². The molecule has 0 aliphatic carbocycles. The largest absolute Gasteiger partial charge is 0.495 e. The molecule has 8 heteroatoms. The van der Waals surface area contributed by atoms with Crippen LogP contribution in [0.1, 0.15) is 24.2 Å². The highest BCUT2D eigenvalue weighted by atomic mass is 32.2. The number of hydrogen-bond donors (Lipinski definition) is 1. The topological polar surface area (TPSA) is 84.9 Å². The molecule has 7 nitrogen and oxygen atoms in total. The van der Waals surface area contributed by atoms with E-state index in [1.54, 1.807) is 25.3 Å². The zero-order valence-electron chi connectivity index (χ0n) is 16.8. The van der Waals surface area contributed by atoms with Crippen molar-refractivity contribution in [2.75, 3.05) is 32.1 Å². The fourth-order valence-electron chi connectivity index (χ4n) is 3.37. The Bertz CT molecular complexity index is 967. The number of nitrogens with zero attached hydrogens (tertiary/aromatic N) is 1. The monoisotopic (exact) mass is 418 g/mol. The van der Waals surface area contributed by atoms with E-state index in [-0.39, 0.29) is 29.4 Å². The van der Waals surface area contributed by atoms with E-state index in [4.69, 9.17) is 9.47 Å². The lowest BCUT2D eigenvalue weighted by Gasteiger charge is -2.34. The van der Waals surface area contributed by atoms with Crippen LogP contribution in [-0.4, -0.2) is 57.5 Å². The number of morpholine rings is 1. The summed E-state index contributed by atoms with van der Waals surface area (Å²) < 4.78 is 38.4. The van der Waals surface area contributed by atoms with E-state index < -0.39 is 10.0 Å². The number of hydrogen-bond acceptors (Lipinski definition) is 6. The Labute approximate surface area is 171 Å². The Morgan fingerprint density at radius 1 is 1.14 bits per heavy atom. The van der Waals surface area contributed by atoms with E-state index in [0.29, 0.717) is 30.1 Å². The van der Waals surface area contributed by atoms with Gasteiger partial charge >= 0.3 is 0 Å². The third-order valence-corrected chi connectivity index (χ3v) is 6.55. The van der Waals surface area contributed by atoms with Gasteiger partial charge in [0.05, 0.1) is 36.4 Å². The normalized spacial score (nSPS) is 20.2. The highest BCUT2D eigenvalue weighted by molar-refractivity contribution is 7.89. The summed E-state index contributed by atoms with van der Waals surface area (Å²) in [5.74, 6) is 0.420. The van der Waals surface area contributed by atoms with Gasteiger partial charge in [0.2, 0.25) is 10.0 Å². The number of carbonyl (C=O) groups is 1. The lowest BCUT2D eigenvalue weighted by Crippen LogP contribution is -2.48. The second kappa shape index (κ2) is 8.94. The quantitative estimate of drug-likeness (QED) is 0.696. The van der Waals surface area contributed by atoms with Crippen molar-refractivity contribution in [1.29, 1.82) is 0 Å². The molecule has 1 saturated heterocycles. The van der Waals surface area contributed by atoms with E-state index in [1.165, 1.54) is 16.4 Å². The molecule has 29 heavy (non-hydrogen) atoms. The Kier molecular flexibility index (Phi) is 6.56. The first kappa shape index (κ1) is 21.3. The number of anilines is 1. The molecule has 0 radical (unpaired) electrons. The van der Waals surface area contributed by atoms with Crippen molar-refractivity contribution >= 4 is 21.5 Å². The molecule has 0 bridgehead atoms.